The second-order valence-corrected chi connectivity index (χ2v) is 4.74. The molecule has 0 aromatic heterocycles. The standard InChI is InChI=1S/C13H16N2O5/c16-13(17)11-7-10(3-4-12(11)15(18)19)14-5-6-20-8-9-1-2-9/h3-4,7,9,14H,1-2,5-6,8H2,(H,16,17). The van der Waals surface area contributed by atoms with Gasteiger partial charge in [0, 0.05) is 24.9 Å². The zero-order valence-corrected chi connectivity index (χ0v) is 10.9. The van der Waals surface area contributed by atoms with Crippen molar-refractivity contribution in [2.24, 2.45) is 5.92 Å². The number of rotatable bonds is 8. The smallest absolute Gasteiger partial charge is 0.342 e. The fraction of sp³-hybridized carbons (Fsp3) is 0.462. The van der Waals surface area contributed by atoms with Crippen LogP contribution in [0.2, 0.25) is 0 Å². The maximum Gasteiger partial charge on any atom is 0.342 e. The van der Waals surface area contributed by atoms with Crippen LogP contribution in [0.4, 0.5) is 11.4 Å². The zero-order valence-electron chi connectivity index (χ0n) is 10.9. The highest BCUT2D eigenvalue weighted by Gasteiger charge is 2.21. The molecule has 108 valence electrons. The number of hydrogen-bond acceptors (Lipinski definition) is 5. The average molecular weight is 280 g/mol. The monoisotopic (exact) mass is 280 g/mol. The van der Waals surface area contributed by atoms with Crippen molar-refractivity contribution in [3.05, 3.63) is 33.9 Å². The van der Waals surface area contributed by atoms with E-state index in [4.69, 9.17) is 9.84 Å². The first kappa shape index (κ1) is 14.3. The number of nitrogens with one attached hydrogen (secondary N) is 1. The first-order valence-corrected chi connectivity index (χ1v) is 6.41. The number of ether oxygens (including phenoxy) is 1. The number of nitro groups is 1. The summed E-state index contributed by atoms with van der Waals surface area (Å²) in [7, 11) is 0. The summed E-state index contributed by atoms with van der Waals surface area (Å²) in [4.78, 5) is 21.0. The van der Waals surface area contributed by atoms with Gasteiger partial charge in [-0.05, 0) is 30.9 Å². The van der Waals surface area contributed by atoms with Gasteiger partial charge in [-0.1, -0.05) is 0 Å². The van der Waals surface area contributed by atoms with Crippen molar-refractivity contribution in [1.82, 2.24) is 0 Å². The van der Waals surface area contributed by atoms with E-state index in [0.29, 0.717) is 24.8 Å². The van der Waals surface area contributed by atoms with Crippen LogP contribution in [-0.2, 0) is 4.74 Å². The lowest BCUT2D eigenvalue weighted by Gasteiger charge is -2.08. The molecule has 2 rings (SSSR count). The van der Waals surface area contributed by atoms with E-state index >= 15 is 0 Å². The molecule has 0 unspecified atom stereocenters. The van der Waals surface area contributed by atoms with Crippen molar-refractivity contribution in [3.63, 3.8) is 0 Å². The molecule has 1 aliphatic rings. The first-order chi connectivity index (χ1) is 9.58. The molecule has 1 aliphatic carbocycles. The van der Waals surface area contributed by atoms with Crippen molar-refractivity contribution in [3.8, 4) is 0 Å². The molecule has 0 radical (unpaired) electrons. The van der Waals surface area contributed by atoms with E-state index in [2.05, 4.69) is 5.32 Å². The summed E-state index contributed by atoms with van der Waals surface area (Å²) in [5, 5.41) is 22.7. The molecule has 2 N–H and O–H groups in total. The minimum absolute atomic E-state index is 0.320. The number of carboxylic acid groups (broad SMARTS) is 1. The summed E-state index contributed by atoms with van der Waals surface area (Å²) in [5.41, 5.74) is -0.199. The van der Waals surface area contributed by atoms with E-state index in [1.54, 1.807) is 0 Å². The van der Waals surface area contributed by atoms with E-state index in [9.17, 15) is 14.9 Å². The minimum atomic E-state index is -1.31. The fourth-order valence-corrected chi connectivity index (χ4v) is 1.78. The highest BCUT2D eigenvalue weighted by Crippen LogP contribution is 2.28. The molecule has 0 aliphatic heterocycles. The molecule has 0 amide bonds. The third-order valence-corrected chi connectivity index (χ3v) is 3.05. The van der Waals surface area contributed by atoms with Crippen LogP contribution in [0.5, 0.6) is 0 Å². The molecule has 0 bridgehead atoms. The van der Waals surface area contributed by atoms with Crippen LogP contribution in [0.1, 0.15) is 23.2 Å². The zero-order chi connectivity index (χ0) is 14.5. The Morgan fingerprint density at radius 2 is 2.25 bits per heavy atom. The minimum Gasteiger partial charge on any atom is -0.477 e. The van der Waals surface area contributed by atoms with Crippen LogP contribution >= 0.6 is 0 Å². The van der Waals surface area contributed by atoms with Gasteiger partial charge in [-0.2, -0.15) is 0 Å². The summed E-state index contributed by atoms with van der Waals surface area (Å²) in [6.07, 6.45) is 2.47. The quantitative estimate of drug-likeness (QED) is 0.429. The molecule has 0 saturated heterocycles. The van der Waals surface area contributed by atoms with Gasteiger partial charge in [0.2, 0.25) is 0 Å². The molecule has 1 aromatic rings. The average Bonchev–Trinajstić information content (AvgIpc) is 3.22. The maximum absolute atomic E-state index is 11.0. The van der Waals surface area contributed by atoms with Crippen LogP contribution in [0.15, 0.2) is 18.2 Å². The molecule has 7 heteroatoms. The molecule has 1 saturated carbocycles. The second-order valence-electron chi connectivity index (χ2n) is 4.74. The summed E-state index contributed by atoms with van der Waals surface area (Å²) in [5.74, 6) is -0.613. The highest BCUT2D eigenvalue weighted by atomic mass is 16.6. The molecule has 1 fully saturated rings. The van der Waals surface area contributed by atoms with Gasteiger partial charge in [0.1, 0.15) is 5.56 Å². The largest absolute Gasteiger partial charge is 0.477 e. The van der Waals surface area contributed by atoms with Crippen LogP contribution in [0, 0.1) is 16.0 Å². The lowest BCUT2D eigenvalue weighted by atomic mass is 10.1. The summed E-state index contributed by atoms with van der Waals surface area (Å²) < 4.78 is 5.43. The van der Waals surface area contributed by atoms with E-state index in [-0.39, 0.29) is 5.56 Å². The topological polar surface area (TPSA) is 102 Å². The van der Waals surface area contributed by atoms with Crippen molar-refractivity contribution in [2.75, 3.05) is 25.1 Å². The molecule has 20 heavy (non-hydrogen) atoms. The molecule has 7 nitrogen and oxygen atoms in total. The number of nitro benzene ring substituents is 1. The highest BCUT2D eigenvalue weighted by molar-refractivity contribution is 5.93. The van der Waals surface area contributed by atoms with Crippen molar-refractivity contribution in [2.45, 2.75) is 12.8 Å². The molecule has 0 heterocycles. The molecule has 1 aromatic carbocycles. The predicted octanol–water partition coefficient (Wildman–Crippen LogP) is 2.13. The van der Waals surface area contributed by atoms with Gasteiger partial charge in [0.05, 0.1) is 11.5 Å². The van der Waals surface area contributed by atoms with Crippen molar-refractivity contribution < 1.29 is 19.6 Å². The van der Waals surface area contributed by atoms with Gasteiger partial charge >= 0.3 is 5.97 Å². The van der Waals surface area contributed by atoms with E-state index in [1.165, 1.54) is 31.0 Å². The number of aromatic carboxylic acids is 1. The summed E-state index contributed by atoms with van der Waals surface area (Å²) in [6.45, 7) is 1.82. The number of carbonyl (C=O) groups is 1. The van der Waals surface area contributed by atoms with E-state index in [0.717, 1.165) is 6.61 Å². The van der Waals surface area contributed by atoms with Crippen molar-refractivity contribution in [1.29, 1.82) is 0 Å². The second kappa shape index (κ2) is 6.33. The number of nitrogens with zero attached hydrogens (tertiary/aromatic N) is 1. The Morgan fingerprint density at radius 1 is 1.50 bits per heavy atom. The van der Waals surface area contributed by atoms with E-state index < -0.39 is 16.6 Å². The molecular weight excluding hydrogens is 264 g/mol. The van der Waals surface area contributed by atoms with Gasteiger partial charge in [0.25, 0.3) is 5.69 Å². The molecule has 0 atom stereocenters. The van der Waals surface area contributed by atoms with Crippen LogP contribution in [0.25, 0.3) is 0 Å². The Bertz CT molecular complexity index is 513. The third kappa shape index (κ3) is 3.92. The van der Waals surface area contributed by atoms with E-state index in [1.807, 2.05) is 0 Å². The van der Waals surface area contributed by atoms with Gasteiger partial charge in [-0.3, -0.25) is 10.1 Å². The maximum atomic E-state index is 11.0. The first-order valence-electron chi connectivity index (χ1n) is 6.41. The number of benzene rings is 1. The van der Waals surface area contributed by atoms with Gasteiger partial charge < -0.3 is 15.2 Å². The van der Waals surface area contributed by atoms with Crippen molar-refractivity contribution >= 4 is 17.3 Å². The van der Waals surface area contributed by atoms with Gasteiger partial charge in [0.15, 0.2) is 0 Å². The van der Waals surface area contributed by atoms with Crippen LogP contribution in [-0.4, -0.2) is 35.8 Å². The Hall–Kier alpha value is -2.15. The lowest BCUT2D eigenvalue weighted by molar-refractivity contribution is -0.385. The molecular formula is C13H16N2O5. The number of carboxylic acids is 1. The Morgan fingerprint density at radius 3 is 2.85 bits per heavy atom. The number of anilines is 1. The number of hydrogen-bond donors (Lipinski definition) is 2. The van der Waals surface area contributed by atoms with Gasteiger partial charge in [-0.25, -0.2) is 4.79 Å². The normalized spacial score (nSPS) is 14.0. The van der Waals surface area contributed by atoms with Crippen LogP contribution in [0.3, 0.4) is 0 Å². The third-order valence-electron chi connectivity index (χ3n) is 3.05. The summed E-state index contributed by atoms with van der Waals surface area (Å²) >= 11 is 0. The van der Waals surface area contributed by atoms with Crippen LogP contribution < -0.4 is 5.32 Å². The Kier molecular flexibility index (Phi) is 4.52. The Labute approximate surface area is 115 Å². The fourth-order valence-electron chi connectivity index (χ4n) is 1.78. The SMILES string of the molecule is O=C(O)c1cc(NCCOCC2CC2)ccc1[N+](=O)[O-]. The molecule has 0 spiro atoms. The lowest BCUT2D eigenvalue weighted by Crippen LogP contribution is -2.11. The summed E-state index contributed by atoms with van der Waals surface area (Å²) in [6, 6.07) is 3.95. The van der Waals surface area contributed by atoms with Gasteiger partial charge in [-0.15, -0.1) is 0 Å². The predicted molar refractivity (Wildman–Crippen MR) is 72.1 cm³/mol. The Balaban J connectivity index is 1.88.